The van der Waals surface area contributed by atoms with Crippen LogP contribution in [0, 0.1) is 11.6 Å². The van der Waals surface area contributed by atoms with E-state index >= 15 is 0 Å². The first kappa shape index (κ1) is 10.6. The maximum atomic E-state index is 12.9. The molecule has 1 atom stereocenters. The lowest BCUT2D eigenvalue weighted by Gasteiger charge is -2.09. The van der Waals surface area contributed by atoms with E-state index in [1.807, 2.05) is 0 Å². The maximum absolute atomic E-state index is 12.9. The fourth-order valence-corrected chi connectivity index (χ4v) is 1.02. The predicted octanol–water partition coefficient (Wildman–Crippen LogP) is 1.14. The highest BCUT2D eigenvalue weighted by Crippen LogP contribution is 2.21. The van der Waals surface area contributed by atoms with Crippen molar-refractivity contribution in [1.82, 2.24) is 0 Å². The number of nitrogen functional groups attached to an aromatic ring is 1. The smallest absolute Gasteiger partial charge is 0.150 e. The molecule has 1 rings (SSSR count). The molecule has 0 saturated heterocycles. The van der Waals surface area contributed by atoms with Crippen molar-refractivity contribution >= 4 is 11.5 Å². The van der Waals surface area contributed by atoms with E-state index in [2.05, 4.69) is 0 Å². The molecular weight excluding hydrogens is 190 g/mol. The Labute approximate surface area is 79.7 Å². The van der Waals surface area contributed by atoms with E-state index in [-0.39, 0.29) is 11.3 Å². The summed E-state index contributed by atoms with van der Waals surface area (Å²) in [5, 5.41) is 0. The van der Waals surface area contributed by atoms with Gasteiger partial charge in [0.15, 0.2) is 5.78 Å². The largest absolute Gasteiger partial charge is 0.394 e. The van der Waals surface area contributed by atoms with E-state index in [1.54, 1.807) is 0 Å². The van der Waals surface area contributed by atoms with Crippen LogP contribution in [0.25, 0.3) is 0 Å². The number of anilines is 1. The Kier molecular flexibility index (Phi) is 2.81. The molecule has 0 fully saturated rings. The zero-order valence-corrected chi connectivity index (χ0v) is 7.55. The number of carbonyl (C=O) groups is 1. The zero-order chi connectivity index (χ0) is 10.9. The predicted molar refractivity (Wildman–Crippen MR) is 48.4 cm³/mol. The first-order valence-electron chi connectivity index (χ1n) is 3.94. The van der Waals surface area contributed by atoms with E-state index in [1.165, 1.54) is 6.92 Å². The monoisotopic (exact) mass is 200 g/mol. The maximum Gasteiger partial charge on any atom is 0.150 e. The molecule has 0 aliphatic rings. The molecular formula is C9H10F2N2O. The van der Waals surface area contributed by atoms with E-state index < -0.39 is 23.4 Å². The fourth-order valence-electron chi connectivity index (χ4n) is 1.02. The highest BCUT2D eigenvalue weighted by atomic mass is 19.1. The van der Waals surface area contributed by atoms with Crippen LogP contribution in [-0.2, 0) is 4.79 Å². The average Bonchev–Trinajstić information content (AvgIpc) is 2.12. The lowest BCUT2D eigenvalue weighted by molar-refractivity contribution is -0.118. The summed E-state index contributed by atoms with van der Waals surface area (Å²) < 4.78 is 25.9. The van der Waals surface area contributed by atoms with E-state index in [0.29, 0.717) is 0 Å². The number of benzene rings is 1. The van der Waals surface area contributed by atoms with Gasteiger partial charge in [0, 0.05) is 0 Å². The van der Waals surface area contributed by atoms with Crippen molar-refractivity contribution in [2.24, 2.45) is 5.73 Å². The Morgan fingerprint density at radius 1 is 1.36 bits per heavy atom. The molecule has 0 amide bonds. The molecule has 4 N–H and O–H groups in total. The summed E-state index contributed by atoms with van der Waals surface area (Å²) >= 11 is 0. The van der Waals surface area contributed by atoms with Gasteiger partial charge >= 0.3 is 0 Å². The minimum Gasteiger partial charge on any atom is -0.394 e. The van der Waals surface area contributed by atoms with Crippen molar-refractivity contribution in [1.29, 1.82) is 0 Å². The van der Waals surface area contributed by atoms with Gasteiger partial charge in [0.25, 0.3) is 0 Å². The number of ketones is 1. The van der Waals surface area contributed by atoms with Crippen molar-refractivity contribution in [3.05, 3.63) is 29.3 Å². The Hall–Kier alpha value is -1.49. The van der Waals surface area contributed by atoms with Crippen LogP contribution in [-0.4, -0.2) is 5.78 Å². The van der Waals surface area contributed by atoms with Crippen molar-refractivity contribution in [3.8, 4) is 0 Å². The molecule has 0 aromatic heterocycles. The van der Waals surface area contributed by atoms with Crippen LogP contribution < -0.4 is 11.5 Å². The number of Topliss-reactive ketones (excluding diaryl/α,β-unsaturated/α-hetero) is 1. The molecule has 1 unspecified atom stereocenters. The highest BCUT2D eigenvalue weighted by Gasteiger charge is 2.15. The topological polar surface area (TPSA) is 69.1 Å². The minimum atomic E-state index is -1.01. The number of hydrogen-bond donors (Lipinski definition) is 2. The summed E-state index contributed by atoms with van der Waals surface area (Å²) in [5.41, 5.74) is 9.97. The molecule has 76 valence electrons. The summed E-state index contributed by atoms with van der Waals surface area (Å²) in [7, 11) is 0. The lowest BCUT2D eigenvalue weighted by atomic mass is 10.0. The van der Waals surface area contributed by atoms with E-state index in [9.17, 15) is 13.6 Å². The second-order valence-electron chi connectivity index (χ2n) is 2.99. The second-order valence-corrected chi connectivity index (χ2v) is 2.99. The third-order valence-electron chi connectivity index (χ3n) is 1.90. The normalized spacial score (nSPS) is 12.6. The van der Waals surface area contributed by atoms with Gasteiger partial charge in [-0.05, 0) is 24.6 Å². The average molecular weight is 200 g/mol. The van der Waals surface area contributed by atoms with Crippen molar-refractivity contribution in [2.45, 2.75) is 13.0 Å². The molecule has 1 aromatic rings. The third-order valence-corrected chi connectivity index (χ3v) is 1.90. The Balaban J connectivity index is 3.19. The van der Waals surface area contributed by atoms with Crippen LogP contribution in [0.5, 0.6) is 0 Å². The minimum absolute atomic E-state index is 0.0849. The fraction of sp³-hybridized carbons (Fsp3) is 0.222. The van der Waals surface area contributed by atoms with Gasteiger partial charge in [0.05, 0.1) is 6.04 Å². The third kappa shape index (κ3) is 1.88. The molecule has 14 heavy (non-hydrogen) atoms. The van der Waals surface area contributed by atoms with Crippen LogP contribution in [0.1, 0.15) is 18.5 Å². The van der Waals surface area contributed by atoms with Gasteiger partial charge in [-0.2, -0.15) is 0 Å². The van der Waals surface area contributed by atoms with Crippen LogP contribution in [0.3, 0.4) is 0 Å². The summed E-state index contributed by atoms with van der Waals surface area (Å²) in [6.07, 6.45) is 0. The summed E-state index contributed by atoms with van der Waals surface area (Å²) in [6, 6.07) is 0.911. The highest BCUT2D eigenvalue weighted by molar-refractivity contribution is 5.82. The quantitative estimate of drug-likeness (QED) is 0.703. The molecule has 0 aliphatic carbocycles. The van der Waals surface area contributed by atoms with E-state index in [0.717, 1.165) is 12.1 Å². The lowest BCUT2D eigenvalue weighted by Crippen LogP contribution is -2.19. The van der Waals surface area contributed by atoms with Crippen molar-refractivity contribution in [2.75, 3.05) is 5.73 Å². The number of rotatable bonds is 2. The van der Waals surface area contributed by atoms with Gasteiger partial charge in [-0.25, -0.2) is 8.78 Å². The molecule has 0 heterocycles. The number of nitrogens with two attached hydrogens (primary N) is 2. The van der Waals surface area contributed by atoms with Crippen LogP contribution in [0.15, 0.2) is 12.1 Å². The molecule has 1 aromatic carbocycles. The van der Waals surface area contributed by atoms with E-state index in [4.69, 9.17) is 11.5 Å². The van der Waals surface area contributed by atoms with Crippen molar-refractivity contribution < 1.29 is 13.6 Å². The summed E-state index contributed by atoms with van der Waals surface area (Å²) in [6.45, 7) is 1.25. The first-order chi connectivity index (χ1) is 6.43. The molecule has 0 radical (unpaired) electrons. The Bertz CT molecular complexity index is 356. The van der Waals surface area contributed by atoms with Gasteiger partial charge in [-0.15, -0.1) is 0 Å². The second kappa shape index (κ2) is 3.71. The van der Waals surface area contributed by atoms with Gasteiger partial charge in [-0.1, -0.05) is 0 Å². The van der Waals surface area contributed by atoms with Gasteiger partial charge in [0.2, 0.25) is 0 Å². The Morgan fingerprint density at radius 3 is 2.14 bits per heavy atom. The van der Waals surface area contributed by atoms with Gasteiger partial charge in [0.1, 0.15) is 17.3 Å². The standard InChI is InChI=1S/C9H10F2N2O/c1-4(14)8(12)5-2-6(10)9(13)7(11)3-5/h2-3,8H,12-13H2,1H3. The SMILES string of the molecule is CC(=O)C(N)c1cc(F)c(N)c(F)c1. The molecule has 0 spiro atoms. The van der Waals surface area contributed by atoms with Crippen LogP contribution >= 0.6 is 0 Å². The first-order valence-corrected chi connectivity index (χ1v) is 3.94. The molecule has 3 nitrogen and oxygen atoms in total. The summed E-state index contributed by atoms with van der Waals surface area (Å²) in [5.74, 6) is -2.18. The molecule has 0 saturated carbocycles. The number of halogens is 2. The number of hydrogen-bond acceptors (Lipinski definition) is 3. The van der Waals surface area contributed by atoms with Crippen LogP contribution in [0.2, 0.25) is 0 Å². The van der Waals surface area contributed by atoms with Gasteiger partial charge < -0.3 is 11.5 Å². The van der Waals surface area contributed by atoms with Gasteiger partial charge in [-0.3, -0.25) is 4.79 Å². The zero-order valence-electron chi connectivity index (χ0n) is 7.55. The number of carbonyl (C=O) groups excluding carboxylic acids is 1. The molecule has 0 aliphatic heterocycles. The summed E-state index contributed by atoms with van der Waals surface area (Å²) in [4.78, 5) is 10.9. The molecule has 0 bridgehead atoms. The van der Waals surface area contributed by atoms with Crippen molar-refractivity contribution in [3.63, 3.8) is 0 Å². The molecule has 5 heteroatoms. The van der Waals surface area contributed by atoms with Crippen LogP contribution in [0.4, 0.5) is 14.5 Å². The Morgan fingerprint density at radius 2 is 1.79 bits per heavy atom.